The van der Waals surface area contributed by atoms with Gasteiger partial charge in [0.05, 0.1) is 7.11 Å². The number of methoxy groups -OCH3 is 2. The fourth-order valence-electron chi connectivity index (χ4n) is 1.99. The number of hydrazine groups is 1. The third-order valence-electron chi connectivity index (χ3n) is 2.80. The Kier molecular flexibility index (Phi) is 5.97. The molecule has 2 unspecified atom stereocenters. The first-order chi connectivity index (χ1) is 8.22. The van der Waals surface area contributed by atoms with Gasteiger partial charge in [-0.3, -0.25) is 11.3 Å². The maximum atomic E-state index is 5.63. The van der Waals surface area contributed by atoms with Crippen LogP contribution in [0.5, 0.6) is 5.75 Å². The van der Waals surface area contributed by atoms with Crippen LogP contribution in [0.2, 0.25) is 0 Å². The molecule has 0 amide bonds. The molecule has 4 nitrogen and oxygen atoms in total. The van der Waals surface area contributed by atoms with E-state index in [-0.39, 0.29) is 6.04 Å². The molecule has 0 aliphatic carbocycles. The number of para-hydroxylation sites is 1. The Labute approximate surface area is 103 Å². The Balaban J connectivity index is 2.78. The minimum atomic E-state index is 0.0799. The van der Waals surface area contributed by atoms with E-state index in [0.29, 0.717) is 5.92 Å². The second kappa shape index (κ2) is 7.27. The lowest BCUT2D eigenvalue weighted by atomic mass is 9.96. The van der Waals surface area contributed by atoms with Crippen LogP contribution >= 0.6 is 0 Å². The lowest BCUT2D eigenvalue weighted by Gasteiger charge is -2.22. The summed E-state index contributed by atoms with van der Waals surface area (Å²) in [5.41, 5.74) is 3.93. The van der Waals surface area contributed by atoms with Gasteiger partial charge in [0.15, 0.2) is 0 Å². The topological polar surface area (TPSA) is 56.5 Å². The second-order valence-electron chi connectivity index (χ2n) is 4.26. The summed E-state index contributed by atoms with van der Waals surface area (Å²) in [7, 11) is 3.38. The van der Waals surface area contributed by atoms with E-state index in [1.165, 1.54) is 0 Å². The van der Waals surface area contributed by atoms with Gasteiger partial charge in [-0.25, -0.2) is 0 Å². The summed E-state index contributed by atoms with van der Waals surface area (Å²) < 4.78 is 10.5. The van der Waals surface area contributed by atoms with Crippen LogP contribution in [0.15, 0.2) is 24.3 Å². The highest BCUT2D eigenvalue weighted by Crippen LogP contribution is 2.28. The van der Waals surface area contributed by atoms with E-state index in [0.717, 1.165) is 24.3 Å². The van der Waals surface area contributed by atoms with Gasteiger partial charge in [0.25, 0.3) is 0 Å². The van der Waals surface area contributed by atoms with Crippen LogP contribution in [0, 0.1) is 5.92 Å². The molecular formula is C13H22N2O2. The molecule has 1 rings (SSSR count). The van der Waals surface area contributed by atoms with E-state index < -0.39 is 0 Å². The zero-order valence-electron chi connectivity index (χ0n) is 10.8. The first kappa shape index (κ1) is 14.0. The van der Waals surface area contributed by atoms with E-state index in [9.17, 15) is 0 Å². The molecule has 3 N–H and O–H groups in total. The van der Waals surface area contributed by atoms with Crippen LogP contribution < -0.4 is 16.0 Å². The molecule has 1 aromatic rings. The smallest absolute Gasteiger partial charge is 0.123 e. The van der Waals surface area contributed by atoms with Crippen LogP contribution in [0.1, 0.15) is 24.9 Å². The van der Waals surface area contributed by atoms with Crippen molar-refractivity contribution >= 4 is 0 Å². The fourth-order valence-corrected chi connectivity index (χ4v) is 1.99. The first-order valence-electron chi connectivity index (χ1n) is 5.80. The van der Waals surface area contributed by atoms with Crippen molar-refractivity contribution < 1.29 is 9.47 Å². The second-order valence-corrected chi connectivity index (χ2v) is 4.26. The summed E-state index contributed by atoms with van der Waals surface area (Å²) in [5.74, 6) is 6.92. The molecule has 0 heterocycles. The molecule has 0 aromatic heterocycles. The molecule has 0 aliphatic heterocycles. The average Bonchev–Trinajstić information content (AvgIpc) is 2.36. The summed E-state index contributed by atoms with van der Waals surface area (Å²) in [4.78, 5) is 0. The van der Waals surface area contributed by atoms with Crippen LogP contribution in [-0.4, -0.2) is 20.8 Å². The van der Waals surface area contributed by atoms with Gasteiger partial charge in [-0.15, -0.1) is 0 Å². The standard InChI is InChI=1S/C13H22N2O2/c1-10(9-16-2)8-12(15-14)11-6-4-5-7-13(11)17-3/h4-7,10,12,15H,8-9,14H2,1-3H3. The molecule has 17 heavy (non-hydrogen) atoms. The largest absolute Gasteiger partial charge is 0.496 e. The molecular weight excluding hydrogens is 216 g/mol. The Morgan fingerprint density at radius 1 is 1.29 bits per heavy atom. The Bertz CT molecular complexity index is 331. The first-order valence-corrected chi connectivity index (χ1v) is 5.80. The van der Waals surface area contributed by atoms with Gasteiger partial charge in [-0.1, -0.05) is 25.1 Å². The van der Waals surface area contributed by atoms with Crippen LogP contribution in [-0.2, 0) is 4.74 Å². The highest BCUT2D eigenvalue weighted by atomic mass is 16.5. The van der Waals surface area contributed by atoms with Gasteiger partial charge in [0, 0.05) is 25.3 Å². The number of rotatable bonds is 7. The van der Waals surface area contributed by atoms with E-state index >= 15 is 0 Å². The lowest BCUT2D eigenvalue weighted by Crippen LogP contribution is -2.30. The number of ether oxygens (including phenoxy) is 2. The van der Waals surface area contributed by atoms with E-state index in [1.54, 1.807) is 14.2 Å². The van der Waals surface area contributed by atoms with Crippen molar-refractivity contribution in [2.45, 2.75) is 19.4 Å². The lowest BCUT2D eigenvalue weighted by molar-refractivity contribution is 0.149. The van der Waals surface area contributed by atoms with E-state index in [1.807, 2.05) is 24.3 Å². The molecule has 96 valence electrons. The molecule has 0 saturated carbocycles. The van der Waals surface area contributed by atoms with Crippen LogP contribution in [0.4, 0.5) is 0 Å². The predicted octanol–water partition coefficient (Wildman–Crippen LogP) is 1.87. The Hall–Kier alpha value is -1.10. The molecule has 0 spiro atoms. The van der Waals surface area contributed by atoms with E-state index in [4.69, 9.17) is 15.3 Å². The average molecular weight is 238 g/mol. The number of nitrogens with two attached hydrogens (primary N) is 1. The van der Waals surface area contributed by atoms with Crippen molar-refractivity contribution in [3.8, 4) is 5.75 Å². The SMILES string of the molecule is COCC(C)CC(NN)c1ccccc1OC. The Morgan fingerprint density at radius 3 is 2.59 bits per heavy atom. The number of benzene rings is 1. The Morgan fingerprint density at radius 2 is 2.00 bits per heavy atom. The monoisotopic (exact) mass is 238 g/mol. The summed E-state index contributed by atoms with van der Waals surface area (Å²) in [5, 5.41) is 0. The quantitative estimate of drug-likeness (QED) is 0.562. The molecule has 4 heteroatoms. The summed E-state index contributed by atoms with van der Waals surface area (Å²) in [6, 6.07) is 8.00. The highest BCUT2D eigenvalue weighted by Gasteiger charge is 2.17. The van der Waals surface area contributed by atoms with E-state index in [2.05, 4.69) is 12.3 Å². The van der Waals surface area contributed by atoms with Crippen molar-refractivity contribution in [1.29, 1.82) is 0 Å². The number of hydrogen-bond acceptors (Lipinski definition) is 4. The van der Waals surface area contributed by atoms with Crippen LogP contribution in [0.25, 0.3) is 0 Å². The van der Waals surface area contributed by atoms with Crippen molar-refractivity contribution in [2.75, 3.05) is 20.8 Å². The third kappa shape index (κ3) is 4.00. The molecule has 0 aliphatic rings. The fraction of sp³-hybridized carbons (Fsp3) is 0.538. The summed E-state index contributed by atoms with van der Waals surface area (Å²) >= 11 is 0. The minimum Gasteiger partial charge on any atom is -0.496 e. The summed E-state index contributed by atoms with van der Waals surface area (Å²) in [6.07, 6.45) is 0.907. The van der Waals surface area contributed by atoms with Gasteiger partial charge in [-0.05, 0) is 18.4 Å². The minimum absolute atomic E-state index is 0.0799. The van der Waals surface area contributed by atoms with Crippen LogP contribution in [0.3, 0.4) is 0 Å². The molecule has 1 aromatic carbocycles. The maximum Gasteiger partial charge on any atom is 0.123 e. The maximum absolute atomic E-state index is 5.63. The molecule has 0 radical (unpaired) electrons. The van der Waals surface area contributed by atoms with Gasteiger partial charge < -0.3 is 9.47 Å². The molecule has 0 bridgehead atoms. The van der Waals surface area contributed by atoms with Crippen molar-refractivity contribution in [1.82, 2.24) is 5.43 Å². The zero-order valence-corrected chi connectivity index (χ0v) is 10.8. The van der Waals surface area contributed by atoms with Crippen molar-refractivity contribution in [3.05, 3.63) is 29.8 Å². The third-order valence-corrected chi connectivity index (χ3v) is 2.80. The molecule has 0 saturated heterocycles. The van der Waals surface area contributed by atoms with Gasteiger partial charge >= 0.3 is 0 Å². The molecule has 0 fully saturated rings. The number of nitrogens with one attached hydrogen (secondary N) is 1. The predicted molar refractivity (Wildman–Crippen MR) is 68.7 cm³/mol. The number of hydrogen-bond donors (Lipinski definition) is 2. The molecule has 2 atom stereocenters. The highest BCUT2D eigenvalue weighted by molar-refractivity contribution is 5.35. The van der Waals surface area contributed by atoms with Gasteiger partial charge in [0.2, 0.25) is 0 Å². The van der Waals surface area contributed by atoms with Crippen molar-refractivity contribution in [2.24, 2.45) is 11.8 Å². The normalized spacial score (nSPS) is 14.4. The summed E-state index contributed by atoms with van der Waals surface area (Å²) in [6.45, 7) is 2.87. The zero-order chi connectivity index (χ0) is 12.7. The van der Waals surface area contributed by atoms with Crippen molar-refractivity contribution in [3.63, 3.8) is 0 Å². The van der Waals surface area contributed by atoms with Gasteiger partial charge in [0.1, 0.15) is 5.75 Å². The van der Waals surface area contributed by atoms with Gasteiger partial charge in [-0.2, -0.15) is 0 Å².